The number of fused-ring (bicyclic) bond motifs is 1. The molecular weight excluding hydrogens is 278 g/mol. The van der Waals surface area contributed by atoms with E-state index in [0.29, 0.717) is 17.0 Å². The Bertz CT molecular complexity index is 817. The molecule has 0 aliphatic carbocycles. The highest BCUT2D eigenvalue weighted by Gasteiger charge is 2.16. The number of aldehydes is 1. The number of non-ortho nitro benzene ring substituents is 1. The van der Waals surface area contributed by atoms with Crippen LogP contribution < -0.4 is 0 Å². The zero-order valence-electron chi connectivity index (χ0n) is 10.4. The van der Waals surface area contributed by atoms with Crippen LogP contribution in [-0.4, -0.2) is 20.6 Å². The van der Waals surface area contributed by atoms with Gasteiger partial charge in [-0.1, -0.05) is 0 Å². The Kier molecular flexibility index (Phi) is 2.83. The Balaban J connectivity index is 2.18. The number of carbonyl (C=O) groups excluding carboxylic acids is 1. The maximum Gasteiger partial charge on any atom is 0.269 e. The van der Waals surface area contributed by atoms with E-state index in [0.717, 1.165) is 16.9 Å². The lowest BCUT2D eigenvalue weighted by atomic mass is 10.1. The third-order valence-electron chi connectivity index (χ3n) is 3.03. The van der Waals surface area contributed by atoms with Crippen LogP contribution >= 0.6 is 11.3 Å². The number of hydrogen-bond donors (Lipinski definition) is 0. The molecule has 0 amide bonds. The van der Waals surface area contributed by atoms with E-state index in [2.05, 4.69) is 4.98 Å². The highest BCUT2D eigenvalue weighted by atomic mass is 32.1. The molecule has 0 unspecified atom stereocenters. The van der Waals surface area contributed by atoms with Gasteiger partial charge in [0.25, 0.3) is 5.69 Å². The highest BCUT2D eigenvalue weighted by molar-refractivity contribution is 7.15. The van der Waals surface area contributed by atoms with Crippen LogP contribution in [0.4, 0.5) is 5.69 Å². The molecule has 3 rings (SSSR count). The van der Waals surface area contributed by atoms with Gasteiger partial charge in [-0.3, -0.25) is 19.3 Å². The number of rotatable bonds is 3. The van der Waals surface area contributed by atoms with E-state index in [1.54, 1.807) is 16.5 Å². The van der Waals surface area contributed by atoms with Crippen molar-refractivity contribution in [1.29, 1.82) is 0 Å². The molecule has 0 spiro atoms. The third-order valence-corrected chi connectivity index (χ3v) is 3.98. The first-order valence-corrected chi connectivity index (χ1v) is 6.66. The van der Waals surface area contributed by atoms with Gasteiger partial charge in [0.15, 0.2) is 11.2 Å². The van der Waals surface area contributed by atoms with Crippen molar-refractivity contribution in [2.75, 3.05) is 0 Å². The molecule has 0 atom stereocenters. The van der Waals surface area contributed by atoms with E-state index < -0.39 is 4.92 Å². The molecule has 0 N–H and O–H groups in total. The van der Waals surface area contributed by atoms with Gasteiger partial charge in [0.1, 0.15) is 11.4 Å². The molecule has 0 aliphatic heterocycles. The predicted molar refractivity (Wildman–Crippen MR) is 75.3 cm³/mol. The molecule has 6 nitrogen and oxygen atoms in total. The topological polar surface area (TPSA) is 77.5 Å². The number of aromatic nitrogens is 2. The fourth-order valence-electron chi connectivity index (χ4n) is 2.08. The minimum atomic E-state index is -0.458. The zero-order chi connectivity index (χ0) is 14.3. The van der Waals surface area contributed by atoms with Gasteiger partial charge >= 0.3 is 0 Å². The number of hydrogen-bond acceptors (Lipinski definition) is 5. The van der Waals surface area contributed by atoms with Crippen molar-refractivity contribution in [2.45, 2.75) is 6.92 Å². The molecule has 3 aromatic rings. The Morgan fingerprint density at radius 2 is 2.05 bits per heavy atom. The number of nitro groups is 1. The van der Waals surface area contributed by atoms with Gasteiger partial charge in [-0.2, -0.15) is 0 Å². The summed E-state index contributed by atoms with van der Waals surface area (Å²) in [4.78, 5) is 26.7. The largest absolute Gasteiger partial charge is 0.296 e. The summed E-state index contributed by atoms with van der Waals surface area (Å²) >= 11 is 1.45. The van der Waals surface area contributed by atoms with Crippen molar-refractivity contribution in [2.24, 2.45) is 0 Å². The number of carbonyl (C=O) groups is 1. The predicted octanol–water partition coefficient (Wildman–Crippen LogP) is 3.09. The Morgan fingerprint density at radius 3 is 2.65 bits per heavy atom. The molecule has 20 heavy (non-hydrogen) atoms. The van der Waals surface area contributed by atoms with Crippen molar-refractivity contribution >= 4 is 28.3 Å². The van der Waals surface area contributed by atoms with Crippen LogP contribution in [0.2, 0.25) is 0 Å². The van der Waals surface area contributed by atoms with Crippen LogP contribution in [0.25, 0.3) is 16.2 Å². The minimum Gasteiger partial charge on any atom is -0.296 e. The summed E-state index contributed by atoms with van der Waals surface area (Å²) in [5, 5.41) is 12.6. The summed E-state index contributed by atoms with van der Waals surface area (Å²) in [6, 6.07) is 6.02. The number of nitrogens with zero attached hydrogens (tertiary/aromatic N) is 3. The summed E-state index contributed by atoms with van der Waals surface area (Å²) in [6.07, 6.45) is 0.760. The van der Waals surface area contributed by atoms with Gasteiger partial charge in [-0.25, -0.2) is 4.98 Å². The first kappa shape index (κ1) is 12.5. The van der Waals surface area contributed by atoms with Crippen molar-refractivity contribution in [3.63, 3.8) is 0 Å². The Labute approximate surface area is 117 Å². The van der Waals surface area contributed by atoms with Gasteiger partial charge in [0.2, 0.25) is 0 Å². The van der Waals surface area contributed by atoms with Gasteiger partial charge < -0.3 is 0 Å². The lowest BCUT2D eigenvalue weighted by Crippen LogP contribution is -1.93. The summed E-state index contributed by atoms with van der Waals surface area (Å²) in [6.45, 7) is 1.90. The molecule has 7 heteroatoms. The second-order valence-electron chi connectivity index (χ2n) is 4.26. The zero-order valence-corrected chi connectivity index (χ0v) is 11.3. The molecule has 2 aromatic heterocycles. The number of imidazole rings is 1. The molecule has 1 aromatic carbocycles. The number of thiazole rings is 1. The minimum absolute atomic E-state index is 0.0126. The van der Waals surface area contributed by atoms with Crippen LogP contribution in [0.5, 0.6) is 0 Å². The second kappa shape index (κ2) is 4.53. The SMILES string of the molecule is Cc1csc2nc(-c3ccc([N+](=O)[O-])cc3)c(C=O)n12. The van der Waals surface area contributed by atoms with E-state index in [4.69, 9.17) is 0 Å². The van der Waals surface area contributed by atoms with Crippen molar-refractivity contribution in [3.05, 3.63) is 51.1 Å². The maximum atomic E-state index is 11.3. The summed E-state index contributed by atoms with van der Waals surface area (Å²) < 4.78 is 1.79. The lowest BCUT2D eigenvalue weighted by molar-refractivity contribution is -0.384. The molecule has 0 radical (unpaired) electrons. The molecule has 0 bridgehead atoms. The fraction of sp³-hybridized carbons (Fsp3) is 0.0769. The third kappa shape index (κ3) is 1.79. The average molecular weight is 287 g/mol. The number of benzene rings is 1. The molecule has 0 saturated heterocycles. The van der Waals surface area contributed by atoms with E-state index in [-0.39, 0.29) is 5.69 Å². The average Bonchev–Trinajstić information content (AvgIpc) is 2.99. The van der Waals surface area contributed by atoms with Crippen molar-refractivity contribution < 1.29 is 9.72 Å². The Hall–Kier alpha value is -2.54. The molecule has 100 valence electrons. The molecule has 0 fully saturated rings. The summed E-state index contributed by atoms with van der Waals surface area (Å²) in [5.74, 6) is 0. The van der Waals surface area contributed by atoms with Crippen molar-refractivity contribution in [3.8, 4) is 11.3 Å². The molecule has 0 saturated carbocycles. The van der Waals surface area contributed by atoms with E-state index >= 15 is 0 Å². The van der Waals surface area contributed by atoms with Crippen LogP contribution in [0, 0.1) is 17.0 Å². The van der Waals surface area contributed by atoms with Crippen LogP contribution in [-0.2, 0) is 0 Å². The quantitative estimate of drug-likeness (QED) is 0.421. The summed E-state index contributed by atoms with van der Waals surface area (Å²) in [5.41, 5.74) is 2.65. The monoisotopic (exact) mass is 287 g/mol. The van der Waals surface area contributed by atoms with E-state index in [1.807, 2.05) is 12.3 Å². The van der Waals surface area contributed by atoms with Gasteiger partial charge in [-0.05, 0) is 19.1 Å². The van der Waals surface area contributed by atoms with Crippen molar-refractivity contribution in [1.82, 2.24) is 9.38 Å². The first-order chi connectivity index (χ1) is 9.61. The lowest BCUT2D eigenvalue weighted by Gasteiger charge is -1.99. The Morgan fingerprint density at radius 1 is 1.35 bits per heavy atom. The molecule has 2 heterocycles. The first-order valence-electron chi connectivity index (χ1n) is 5.78. The number of aryl methyl sites for hydroxylation is 1. The second-order valence-corrected chi connectivity index (χ2v) is 5.10. The normalized spacial score (nSPS) is 10.8. The summed E-state index contributed by atoms with van der Waals surface area (Å²) in [7, 11) is 0. The van der Waals surface area contributed by atoms with E-state index in [9.17, 15) is 14.9 Å². The van der Waals surface area contributed by atoms with E-state index in [1.165, 1.54) is 23.5 Å². The van der Waals surface area contributed by atoms with Gasteiger partial charge in [-0.15, -0.1) is 11.3 Å². The van der Waals surface area contributed by atoms with Gasteiger partial charge in [0.05, 0.1) is 4.92 Å². The van der Waals surface area contributed by atoms with Crippen LogP contribution in [0.3, 0.4) is 0 Å². The fourth-order valence-corrected chi connectivity index (χ4v) is 2.96. The van der Waals surface area contributed by atoms with Crippen LogP contribution in [0.15, 0.2) is 29.6 Å². The molecule has 0 aliphatic rings. The highest BCUT2D eigenvalue weighted by Crippen LogP contribution is 2.28. The smallest absolute Gasteiger partial charge is 0.269 e. The number of nitro benzene ring substituents is 1. The maximum absolute atomic E-state index is 11.3. The van der Waals surface area contributed by atoms with Gasteiger partial charge in [0, 0.05) is 28.8 Å². The standard InChI is InChI=1S/C13H9N3O3S/c1-8-7-20-13-14-12(11(6-17)15(8)13)9-2-4-10(5-3-9)16(18)19/h2-7H,1H3. The molecular formula is C13H9N3O3S. The van der Waals surface area contributed by atoms with Crippen LogP contribution in [0.1, 0.15) is 16.2 Å².